The Morgan fingerprint density at radius 2 is 2.17 bits per heavy atom. The van der Waals surface area contributed by atoms with Gasteiger partial charge in [0.25, 0.3) is 0 Å². The fourth-order valence-electron chi connectivity index (χ4n) is 2.21. The number of amides is 1. The highest BCUT2D eigenvalue weighted by molar-refractivity contribution is 8.00. The Labute approximate surface area is 147 Å². The van der Waals surface area contributed by atoms with E-state index in [2.05, 4.69) is 25.2 Å². The van der Waals surface area contributed by atoms with Crippen molar-refractivity contribution >= 4 is 56.2 Å². The van der Waals surface area contributed by atoms with Crippen molar-refractivity contribution < 1.29 is 4.79 Å². The zero-order valence-electron chi connectivity index (χ0n) is 13.1. The van der Waals surface area contributed by atoms with Gasteiger partial charge in [0, 0.05) is 30.6 Å². The van der Waals surface area contributed by atoms with Crippen LogP contribution in [0, 0.1) is 0 Å². The number of rotatable bonds is 5. The molecule has 0 aromatic carbocycles. The van der Waals surface area contributed by atoms with Crippen LogP contribution in [-0.2, 0) is 4.79 Å². The second-order valence-electron chi connectivity index (χ2n) is 5.44. The van der Waals surface area contributed by atoms with Gasteiger partial charge in [-0.25, -0.2) is 9.97 Å². The van der Waals surface area contributed by atoms with E-state index in [-0.39, 0.29) is 11.9 Å². The summed E-state index contributed by atoms with van der Waals surface area (Å²) in [6, 6.07) is 0.153. The second-order valence-corrected chi connectivity index (χ2v) is 8.60. The van der Waals surface area contributed by atoms with E-state index in [0.717, 1.165) is 45.1 Å². The Hall–Kier alpha value is -1.06. The summed E-state index contributed by atoms with van der Waals surface area (Å²) < 4.78 is 0.975. The van der Waals surface area contributed by atoms with Gasteiger partial charge in [-0.3, -0.25) is 4.79 Å². The van der Waals surface area contributed by atoms with Gasteiger partial charge in [0.2, 0.25) is 5.91 Å². The molecule has 9 heteroatoms. The van der Waals surface area contributed by atoms with Crippen LogP contribution in [0.1, 0.15) is 13.8 Å². The van der Waals surface area contributed by atoms with Crippen molar-refractivity contribution in [2.24, 2.45) is 0 Å². The molecule has 1 fully saturated rings. The van der Waals surface area contributed by atoms with Crippen LogP contribution in [0.2, 0.25) is 0 Å². The number of nitrogens with one attached hydrogen (secondary N) is 1. The minimum absolute atomic E-state index is 0.0227. The Morgan fingerprint density at radius 1 is 1.39 bits per heavy atom. The standard InChI is InChI=1S/C14H19N5OS3/c1-9(2)17-10(20)7-22-13-11-12(15-8-16-13)18-14(23-11)19-3-5-21-6-4-19/h8-9H,3-7H2,1-2H3,(H,17,20). The molecule has 124 valence electrons. The number of thioether (sulfide) groups is 2. The molecule has 3 rings (SSSR count). The zero-order chi connectivity index (χ0) is 16.2. The van der Waals surface area contributed by atoms with E-state index in [4.69, 9.17) is 0 Å². The molecule has 1 N–H and O–H groups in total. The summed E-state index contributed by atoms with van der Waals surface area (Å²) in [5, 5.41) is 4.74. The van der Waals surface area contributed by atoms with Crippen molar-refractivity contribution in [3.8, 4) is 0 Å². The van der Waals surface area contributed by atoms with E-state index in [1.807, 2.05) is 25.6 Å². The van der Waals surface area contributed by atoms with Gasteiger partial charge in [-0.2, -0.15) is 16.7 Å². The quantitative estimate of drug-likeness (QED) is 0.640. The molecule has 3 heterocycles. The molecule has 2 aromatic heterocycles. The highest BCUT2D eigenvalue weighted by Gasteiger charge is 2.18. The van der Waals surface area contributed by atoms with E-state index in [1.54, 1.807) is 11.3 Å². The van der Waals surface area contributed by atoms with Gasteiger partial charge in [0.1, 0.15) is 16.1 Å². The molecule has 6 nitrogen and oxygen atoms in total. The van der Waals surface area contributed by atoms with Crippen LogP contribution >= 0.6 is 34.9 Å². The monoisotopic (exact) mass is 369 g/mol. The maximum Gasteiger partial charge on any atom is 0.230 e. The second kappa shape index (κ2) is 7.67. The highest BCUT2D eigenvalue weighted by atomic mass is 32.2. The van der Waals surface area contributed by atoms with Gasteiger partial charge < -0.3 is 10.2 Å². The first kappa shape index (κ1) is 16.8. The van der Waals surface area contributed by atoms with Crippen LogP contribution in [0.4, 0.5) is 5.13 Å². The molecule has 1 saturated heterocycles. The molecule has 0 spiro atoms. The topological polar surface area (TPSA) is 71.0 Å². The van der Waals surface area contributed by atoms with Gasteiger partial charge >= 0.3 is 0 Å². The number of thiazole rings is 1. The first-order chi connectivity index (χ1) is 11.1. The summed E-state index contributed by atoms with van der Waals surface area (Å²) in [6.45, 7) is 5.96. The summed E-state index contributed by atoms with van der Waals surface area (Å²) in [4.78, 5) is 27.4. The molecule has 0 atom stereocenters. The molecular weight excluding hydrogens is 350 g/mol. The largest absolute Gasteiger partial charge is 0.353 e. The van der Waals surface area contributed by atoms with Crippen LogP contribution in [0.25, 0.3) is 10.3 Å². The predicted molar refractivity (Wildman–Crippen MR) is 98.8 cm³/mol. The normalized spacial score (nSPS) is 15.3. The maximum absolute atomic E-state index is 11.8. The molecule has 1 aliphatic heterocycles. The molecule has 0 bridgehead atoms. The third kappa shape index (κ3) is 4.27. The maximum atomic E-state index is 11.8. The Kier molecular flexibility index (Phi) is 5.60. The van der Waals surface area contributed by atoms with E-state index >= 15 is 0 Å². The number of hydrogen-bond acceptors (Lipinski definition) is 8. The lowest BCUT2D eigenvalue weighted by atomic mass is 10.4. The fraction of sp³-hybridized carbons (Fsp3) is 0.571. The van der Waals surface area contributed by atoms with Crippen molar-refractivity contribution in [1.29, 1.82) is 0 Å². The number of hydrogen-bond donors (Lipinski definition) is 1. The minimum Gasteiger partial charge on any atom is -0.353 e. The van der Waals surface area contributed by atoms with E-state index < -0.39 is 0 Å². The molecule has 1 amide bonds. The summed E-state index contributed by atoms with van der Waals surface area (Å²) >= 11 is 5.05. The average Bonchev–Trinajstić information content (AvgIpc) is 2.98. The molecule has 0 unspecified atom stereocenters. The Morgan fingerprint density at radius 3 is 2.91 bits per heavy atom. The van der Waals surface area contributed by atoms with Gasteiger partial charge in [0.05, 0.1) is 5.75 Å². The SMILES string of the molecule is CC(C)NC(=O)CSc1ncnc2nc(N3CCSCC3)sc12. The number of carbonyl (C=O) groups is 1. The smallest absolute Gasteiger partial charge is 0.230 e. The van der Waals surface area contributed by atoms with Crippen molar-refractivity contribution in [3.63, 3.8) is 0 Å². The summed E-state index contributed by atoms with van der Waals surface area (Å²) in [5.74, 6) is 2.66. The lowest BCUT2D eigenvalue weighted by Gasteiger charge is -2.25. The lowest BCUT2D eigenvalue weighted by Crippen LogP contribution is -2.32. The minimum atomic E-state index is 0.0227. The van der Waals surface area contributed by atoms with Crippen molar-refractivity contribution in [2.75, 3.05) is 35.2 Å². The van der Waals surface area contributed by atoms with E-state index in [1.165, 1.54) is 18.1 Å². The van der Waals surface area contributed by atoms with Crippen molar-refractivity contribution in [2.45, 2.75) is 24.9 Å². The summed E-state index contributed by atoms with van der Waals surface area (Å²) in [7, 11) is 0. The van der Waals surface area contributed by atoms with Crippen molar-refractivity contribution in [3.05, 3.63) is 6.33 Å². The fourth-order valence-corrected chi connectivity index (χ4v) is 5.07. The van der Waals surface area contributed by atoms with Crippen LogP contribution in [0.5, 0.6) is 0 Å². The number of aromatic nitrogens is 3. The first-order valence-corrected chi connectivity index (χ1v) is 10.5. The molecule has 0 saturated carbocycles. The van der Waals surface area contributed by atoms with Gasteiger partial charge in [-0.05, 0) is 13.8 Å². The van der Waals surface area contributed by atoms with E-state index in [9.17, 15) is 4.79 Å². The number of fused-ring (bicyclic) bond motifs is 1. The zero-order valence-corrected chi connectivity index (χ0v) is 15.6. The molecule has 2 aromatic rings. The van der Waals surface area contributed by atoms with Crippen LogP contribution in [0.3, 0.4) is 0 Å². The highest BCUT2D eigenvalue weighted by Crippen LogP contribution is 2.34. The average molecular weight is 370 g/mol. The summed E-state index contributed by atoms with van der Waals surface area (Å²) in [5.41, 5.74) is 0.727. The Balaban J connectivity index is 1.75. The van der Waals surface area contributed by atoms with Crippen LogP contribution < -0.4 is 10.2 Å². The number of carbonyl (C=O) groups excluding carboxylic acids is 1. The third-order valence-corrected chi connectivity index (χ3v) is 6.39. The first-order valence-electron chi connectivity index (χ1n) is 7.50. The van der Waals surface area contributed by atoms with Gasteiger partial charge in [0.15, 0.2) is 10.8 Å². The molecular formula is C14H19N5OS3. The van der Waals surface area contributed by atoms with Crippen LogP contribution in [-0.4, -0.2) is 57.2 Å². The third-order valence-electron chi connectivity index (χ3n) is 3.22. The van der Waals surface area contributed by atoms with E-state index in [0.29, 0.717) is 5.75 Å². The molecule has 23 heavy (non-hydrogen) atoms. The van der Waals surface area contributed by atoms with Gasteiger partial charge in [-0.15, -0.1) is 0 Å². The number of nitrogens with zero attached hydrogens (tertiary/aromatic N) is 4. The van der Waals surface area contributed by atoms with Crippen LogP contribution in [0.15, 0.2) is 11.4 Å². The lowest BCUT2D eigenvalue weighted by molar-refractivity contribution is -0.119. The molecule has 1 aliphatic rings. The number of anilines is 1. The molecule has 0 radical (unpaired) electrons. The predicted octanol–water partition coefficient (Wildman–Crippen LogP) is 2.26. The summed E-state index contributed by atoms with van der Waals surface area (Å²) in [6.07, 6.45) is 1.53. The molecule has 0 aliphatic carbocycles. The Bertz CT molecular complexity index is 684. The van der Waals surface area contributed by atoms with Gasteiger partial charge in [-0.1, -0.05) is 23.1 Å². The van der Waals surface area contributed by atoms with Crippen molar-refractivity contribution in [1.82, 2.24) is 20.3 Å².